The summed E-state index contributed by atoms with van der Waals surface area (Å²) in [6, 6.07) is 11.7. The normalized spacial score (nSPS) is 11.5. The molecule has 0 amide bonds. The van der Waals surface area contributed by atoms with Crippen LogP contribution in [0.15, 0.2) is 42.5 Å². The van der Waals surface area contributed by atoms with E-state index in [0.717, 1.165) is 0 Å². The van der Waals surface area contributed by atoms with Crippen molar-refractivity contribution in [2.45, 2.75) is 19.4 Å². The molecule has 0 saturated carbocycles. The average Bonchev–Trinajstić information content (AvgIpc) is 2.60. The van der Waals surface area contributed by atoms with Crippen LogP contribution in [0.25, 0.3) is 0 Å². The Morgan fingerprint density at radius 2 is 1.68 bits per heavy atom. The molecule has 2 rings (SSSR count). The van der Waals surface area contributed by atoms with E-state index in [1.54, 1.807) is 49.4 Å². The Morgan fingerprint density at radius 1 is 1.04 bits per heavy atom. The second-order valence-electron chi connectivity index (χ2n) is 5.10. The van der Waals surface area contributed by atoms with E-state index in [4.69, 9.17) is 32.7 Å². The van der Waals surface area contributed by atoms with E-state index in [2.05, 4.69) is 4.74 Å². The van der Waals surface area contributed by atoms with Gasteiger partial charge in [-0.25, -0.2) is 0 Å². The molecule has 0 aliphatic carbocycles. The van der Waals surface area contributed by atoms with Gasteiger partial charge in [0.25, 0.3) is 0 Å². The third-order valence-electron chi connectivity index (χ3n) is 3.28. The molecule has 1 unspecified atom stereocenters. The molecule has 2 aromatic carbocycles. The highest BCUT2D eigenvalue weighted by Crippen LogP contribution is 2.35. The first kappa shape index (κ1) is 19.1. The standard InChI is InChI=1S/C18H16Cl2O5/c1-11(15(21)10-17(22)23-2)24-12-6-8-13(9-7-12)25-16-5-3-4-14(19)18(16)20/h3-9,11H,10H2,1-2H3. The van der Waals surface area contributed by atoms with E-state index in [9.17, 15) is 9.59 Å². The van der Waals surface area contributed by atoms with E-state index in [1.807, 2.05) is 0 Å². The van der Waals surface area contributed by atoms with Gasteiger partial charge in [-0.1, -0.05) is 29.3 Å². The fraction of sp³-hybridized carbons (Fsp3) is 0.222. The maximum absolute atomic E-state index is 11.8. The lowest BCUT2D eigenvalue weighted by atomic mass is 10.2. The lowest BCUT2D eigenvalue weighted by Gasteiger charge is -2.14. The number of carbonyl (C=O) groups excluding carboxylic acids is 2. The van der Waals surface area contributed by atoms with Gasteiger partial charge < -0.3 is 14.2 Å². The van der Waals surface area contributed by atoms with Crippen molar-refractivity contribution in [3.63, 3.8) is 0 Å². The van der Waals surface area contributed by atoms with Crippen molar-refractivity contribution in [2.24, 2.45) is 0 Å². The first-order valence-electron chi connectivity index (χ1n) is 7.39. The van der Waals surface area contributed by atoms with Crippen molar-refractivity contribution >= 4 is 35.0 Å². The maximum atomic E-state index is 11.8. The first-order chi connectivity index (χ1) is 11.9. The molecule has 0 fully saturated rings. The number of rotatable bonds is 7. The number of hydrogen-bond acceptors (Lipinski definition) is 5. The van der Waals surface area contributed by atoms with Crippen LogP contribution in [0.3, 0.4) is 0 Å². The van der Waals surface area contributed by atoms with Crippen LogP contribution in [0.5, 0.6) is 17.2 Å². The van der Waals surface area contributed by atoms with Gasteiger partial charge in [0.1, 0.15) is 28.7 Å². The second-order valence-corrected chi connectivity index (χ2v) is 5.89. The zero-order valence-corrected chi connectivity index (χ0v) is 15.1. The van der Waals surface area contributed by atoms with Crippen molar-refractivity contribution in [1.82, 2.24) is 0 Å². The van der Waals surface area contributed by atoms with Crippen LogP contribution in [-0.2, 0) is 14.3 Å². The average molecular weight is 383 g/mol. The highest BCUT2D eigenvalue weighted by molar-refractivity contribution is 6.42. The predicted octanol–water partition coefficient (Wildman–Crippen LogP) is 4.69. The molecule has 0 spiro atoms. The molecule has 0 N–H and O–H groups in total. The molecule has 0 bridgehead atoms. The van der Waals surface area contributed by atoms with Crippen LogP contribution in [0.1, 0.15) is 13.3 Å². The van der Waals surface area contributed by atoms with Crippen molar-refractivity contribution < 1.29 is 23.8 Å². The fourth-order valence-corrected chi connectivity index (χ4v) is 2.23. The molecule has 2 aromatic rings. The molecule has 25 heavy (non-hydrogen) atoms. The molecule has 5 nitrogen and oxygen atoms in total. The lowest BCUT2D eigenvalue weighted by molar-refractivity contribution is -0.144. The molecule has 0 heterocycles. The quantitative estimate of drug-likeness (QED) is 0.513. The number of methoxy groups -OCH3 is 1. The van der Waals surface area contributed by atoms with Crippen molar-refractivity contribution in [3.8, 4) is 17.2 Å². The number of halogens is 2. The van der Waals surface area contributed by atoms with E-state index in [-0.39, 0.29) is 12.2 Å². The van der Waals surface area contributed by atoms with E-state index in [0.29, 0.717) is 27.3 Å². The predicted molar refractivity (Wildman–Crippen MR) is 94.7 cm³/mol. The molecule has 0 aromatic heterocycles. The number of hydrogen-bond donors (Lipinski definition) is 0. The first-order valence-corrected chi connectivity index (χ1v) is 8.14. The molecule has 132 valence electrons. The third kappa shape index (κ3) is 5.37. The van der Waals surface area contributed by atoms with Gasteiger partial charge >= 0.3 is 5.97 Å². The minimum absolute atomic E-state index is 0.325. The summed E-state index contributed by atoms with van der Waals surface area (Å²) in [4.78, 5) is 22.9. The summed E-state index contributed by atoms with van der Waals surface area (Å²) in [6.45, 7) is 1.57. The van der Waals surface area contributed by atoms with Gasteiger partial charge in [-0.3, -0.25) is 9.59 Å². The van der Waals surface area contributed by atoms with Gasteiger partial charge in [-0.05, 0) is 43.3 Å². The molecule has 1 atom stereocenters. The summed E-state index contributed by atoms with van der Waals surface area (Å²) in [7, 11) is 1.23. The zero-order chi connectivity index (χ0) is 18.4. The van der Waals surface area contributed by atoms with Crippen LogP contribution < -0.4 is 9.47 Å². The Bertz CT molecular complexity index is 759. The molecule has 0 aliphatic heterocycles. The summed E-state index contributed by atoms with van der Waals surface area (Å²) >= 11 is 12.0. The highest BCUT2D eigenvalue weighted by atomic mass is 35.5. The number of ether oxygens (including phenoxy) is 3. The van der Waals surface area contributed by atoms with E-state index >= 15 is 0 Å². The number of benzene rings is 2. The Hall–Kier alpha value is -2.24. The largest absolute Gasteiger partial charge is 0.483 e. The molecular weight excluding hydrogens is 367 g/mol. The second kappa shape index (κ2) is 8.74. The van der Waals surface area contributed by atoms with Crippen molar-refractivity contribution in [1.29, 1.82) is 0 Å². The Kier molecular flexibility index (Phi) is 6.67. The Morgan fingerprint density at radius 3 is 2.32 bits per heavy atom. The van der Waals surface area contributed by atoms with Gasteiger partial charge in [0, 0.05) is 0 Å². The summed E-state index contributed by atoms with van der Waals surface area (Å²) < 4.78 is 15.6. The minimum atomic E-state index is -0.770. The van der Waals surface area contributed by atoms with Gasteiger partial charge in [0.2, 0.25) is 0 Å². The highest BCUT2D eigenvalue weighted by Gasteiger charge is 2.18. The van der Waals surface area contributed by atoms with E-state index in [1.165, 1.54) is 7.11 Å². The summed E-state index contributed by atoms with van der Waals surface area (Å²) in [5, 5.41) is 0.726. The summed E-state index contributed by atoms with van der Waals surface area (Å²) in [5.74, 6) is 0.477. The smallest absolute Gasteiger partial charge is 0.313 e. The Labute approximate surface area is 155 Å². The number of carbonyl (C=O) groups is 2. The van der Waals surface area contributed by atoms with E-state index < -0.39 is 12.1 Å². The monoisotopic (exact) mass is 382 g/mol. The molecule has 7 heteroatoms. The SMILES string of the molecule is COC(=O)CC(=O)C(C)Oc1ccc(Oc2cccc(Cl)c2Cl)cc1. The third-order valence-corrected chi connectivity index (χ3v) is 4.08. The van der Waals surface area contributed by atoms with Crippen LogP contribution in [0.2, 0.25) is 10.0 Å². The fourth-order valence-electron chi connectivity index (χ4n) is 1.90. The maximum Gasteiger partial charge on any atom is 0.313 e. The lowest BCUT2D eigenvalue weighted by Crippen LogP contribution is -2.26. The zero-order valence-electron chi connectivity index (χ0n) is 13.6. The van der Waals surface area contributed by atoms with Gasteiger partial charge in [0.05, 0.1) is 12.1 Å². The topological polar surface area (TPSA) is 61.8 Å². The van der Waals surface area contributed by atoms with Crippen LogP contribution in [0.4, 0.5) is 0 Å². The minimum Gasteiger partial charge on any atom is -0.483 e. The van der Waals surface area contributed by atoms with Crippen molar-refractivity contribution in [3.05, 3.63) is 52.5 Å². The summed E-state index contributed by atoms with van der Waals surface area (Å²) in [6.07, 6.45) is -1.10. The van der Waals surface area contributed by atoms with Crippen LogP contribution >= 0.6 is 23.2 Å². The van der Waals surface area contributed by atoms with Crippen LogP contribution in [-0.4, -0.2) is 25.0 Å². The van der Waals surface area contributed by atoms with Gasteiger partial charge in [-0.15, -0.1) is 0 Å². The molecule has 0 radical (unpaired) electrons. The van der Waals surface area contributed by atoms with Gasteiger partial charge in [-0.2, -0.15) is 0 Å². The van der Waals surface area contributed by atoms with Gasteiger partial charge in [0.15, 0.2) is 11.9 Å². The molecular formula is C18H16Cl2O5. The number of esters is 1. The number of Topliss-reactive ketones (excluding diaryl/α,β-unsaturated/α-hetero) is 1. The number of ketones is 1. The Balaban J connectivity index is 1.99. The van der Waals surface area contributed by atoms with Crippen LogP contribution in [0, 0.1) is 0 Å². The molecule has 0 aliphatic rings. The summed E-state index contributed by atoms with van der Waals surface area (Å²) in [5.41, 5.74) is 0. The molecule has 0 saturated heterocycles. The van der Waals surface area contributed by atoms with Crippen molar-refractivity contribution in [2.75, 3.05) is 7.11 Å².